The fourth-order valence-electron chi connectivity index (χ4n) is 2.25. The van der Waals surface area contributed by atoms with E-state index >= 15 is 0 Å². The minimum absolute atomic E-state index is 0.115. The monoisotopic (exact) mass is 320 g/mol. The minimum Gasteiger partial charge on any atom is -0.507 e. The zero-order valence-corrected chi connectivity index (χ0v) is 13.9. The number of unbranched alkanes of at least 4 members (excludes halogenated alkanes) is 4. The van der Waals surface area contributed by atoms with Crippen molar-refractivity contribution in [2.75, 3.05) is 0 Å². The van der Waals surface area contributed by atoms with E-state index in [1.54, 1.807) is 24.3 Å². The number of para-hydroxylation sites is 1. The number of nitrogens with zero attached hydrogens (tertiary/aromatic N) is 1. The van der Waals surface area contributed by atoms with Crippen LogP contribution in [-0.2, 0) is 4.79 Å². The van der Waals surface area contributed by atoms with Gasteiger partial charge in [-0.2, -0.15) is 5.10 Å². The van der Waals surface area contributed by atoms with Crippen molar-refractivity contribution >= 4 is 12.1 Å². The molecule has 3 N–H and O–H groups in total. The fraction of sp³-hybridized carbons (Fsp3) is 0.556. The predicted molar refractivity (Wildman–Crippen MR) is 92.5 cm³/mol. The molecule has 1 atom stereocenters. The third kappa shape index (κ3) is 8.98. The highest BCUT2D eigenvalue weighted by Crippen LogP contribution is 2.12. The number of hydrogen-bond acceptors (Lipinski definition) is 4. The fourth-order valence-corrected chi connectivity index (χ4v) is 2.25. The molecule has 1 aromatic carbocycles. The summed E-state index contributed by atoms with van der Waals surface area (Å²) in [6.45, 7) is 2.18. The van der Waals surface area contributed by atoms with E-state index in [1.807, 2.05) is 0 Å². The predicted octanol–water partition coefficient (Wildman–Crippen LogP) is 3.34. The number of nitrogens with one attached hydrogen (secondary N) is 1. The minimum atomic E-state index is -0.426. The Morgan fingerprint density at radius 2 is 1.96 bits per heavy atom. The van der Waals surface area contributed by atoms with E-state index in [0.717, 1.165) is 19.3 Å². The molecular weight excluding hydrogens is 292 g/mol. The second kappa shape index (κ2) is 11.7. The Morgan fingerprint density at radius 1 is 1.22 bits per heavy atom. The lowest BCUT2D eigenvalue weighted by Crippen LogP contribution is -2.19. The van der Waals surface area contributed by atoms with Crippen LogP contribution in [0.25, 0.3) is 0 Å². The quantitative estimate of drug-likeness (QED) is 0.332. The molecule has 0 aliphatic rings. The first-order valence-corrected chi connectivity index (χ1v) is 8.41. The van der Waals surface area contributed by atoms with Gasteiger partial charge >= 0.3 is 0 Å². The number of hydrazone groups is 1. The van der Waals surface area contributed by atoms with E-state index in [0.29, 0.717) is 12.0 Å². The highest BCUT2D eigenvalue weighted by atomic mass is 16.3. The molecule has 1 unspecified atom stereocenters. The summed E-state index contributed by atoms with van der Waals surface area (Å²) in [5.41, 5.74) is 2.95. The number of phenols is 1. The van der Waals surface area contributed by atoms with Crippen molar-refractivity contribution in [2.45, 2.75) is 64.4 Å². The summed E-state index contributed by atoms with van der Waals surface area (Å²) in [4.78, 5) is 11.6. The van der Waals surface area contributed by atoms with Crippen LogP contribution in [0.5, 0.6) is 5.75 Å². The summed E-state index contributed by atoms with van der Waals surface area (Å²) in [7, 11) is 0. The van der Waals surface area contributed by atoms with Gasteiger partial charge in [0.15, 0.2) is 0 Å². The van der Waals surface area contributed by atoms with Gasteiger partial charge in [-0.3, -0.25) is 4.79 Å². The first-order valence-electron chi connectivity index (χ1n) is 8.41. The first kappa shape index (κ1) is 19.2. The van der Waals surface area contributed by atoms with Gasteiger partial charge in [-0.1, -0.05) is 51.2 Å². The molecule has 5 heteroatoms. The average molecular weight is 320 g/mol. The lowest BCUT2D eigenvalue weighted by molar-refractivity contribution is -0.121. The van der Waals surface area contributed by atoms with Crippen LogP contribution in [-0.4, -0.2) is 28.4 Å². The molecule has 0 spiro atoms. The largest absolute Gasteiger partial charge is 0.507 e. The Labute approximate surface area is 138 Å². The Balaban J connectivity index is 2.15. The van der Waals surface area contributed by atoms with E-state index in [1.165, 1.54) is 25.5 Å². The van der Waals surface area contributed by atoms with Crippen LogP contribution < -0.4 is 5.43 Å². The smallest absolute Gasteiger partial charge is 0.240 e. The Morgan fingerprint density at radius 3 is 2.70 bits per heavy atom. The van der Waals surface area contributed by atoms with Crippen molar-refractivity contribution in [1.82, 2.24) is 5.43 Å². The molecule has 0 aliphatic heterocycles. The van der Waals surface area contributed by atoms with Crippen LogP contribution >= 0.6 is 0 Å². The Kier molecular flexibility index (Phi) is 9.71. The van der Waals surface area contributed by atoms with Crippen LogP contribution in [0.1, 0.15) is 63.9 Å². The zero-order chi connectivity index (χ0) is 16.9. The summed E-state index contributed by atoms with van der Waals surface area (Å²) in [6.07, 6.45) is 8.23. The van der Waals surface area contributed by atoms with E-state index in [-0.39, 0.29) is 18.1 Å². The standard InChI is InChI=1S/C18H28N2O3/c1-2-3-4-5-6-10-16(21)12-13-18(23)20-19-14-15-9-7-8-11-17(15)22/h7-9,11,14,16,21-22H,2-6,10,12-13H2,1H3,(H,20,23). The van der Waals surface area contributed by atoms with Gasteiger partial charge in [-0.15, -0.1) is 0 Å². The van der Waals surface area contributed by atoms with Crippen LogP contribution in [0.4, 0.5) is 0 Å². The molecule has 0 bridgehead atoms. The average Bonchev–Trinajstić information content (AvgIpc) is 2.54. The van der Waals surface area contributed by atoms with Crippen molar-refractivity contribution in [2.24, 2.45) is 5.10 Å². The van der Waals surface area contributed by atoms with E-state index < -0.39 is 6.10 Å². The Hall–Kier alpha value is -1.88. The van der Waals surface area contributed by atoms with Gasteiger partial charge in [0.05, 0.1) is 12.3 Å². The molecule has 0 heterocycles. The summed E-state index contributed by atoms with van der Waals surface area (Å²) in [5.74, 6) is -0.120. The maximum absolute atomic E-state index is 11.6. The van der Waals surface area contributed by atoms with Crippen molar-refractivity contribution in [3.05, 3.63) is 29.8 Å². The number of aromatic hydroxyl groups is 1. The van der Waals surface area contributed by atoms with E-state index in [4.69, 9.17) is 0 Å². The molecule has 0 saturated carbocycles. The number of aliphatic hydroxyl groups excluding tert-OH is 1. The van der Waals surface area contributed by atoms with Crippen LogP contribution in [0.15, 0.2) is 29.4 Å². The number of carbonyl (C=O) groups excluding carboxylic acids is 1. The summed E-state index contributed by atoms with van der Waals surface area (Å²) in [6, 6.07) is 6.75. The number of hydrogen-bond donors (Lipinski definition) is 3. The molecule has 5 nitrogen and oxygen atoms in total. The van der Waals surface area contributed by atoms with Crippen molar-refractivity contribution in [3.63, 3.8) is 0 Å². The van der Waals surface area contributed by atoms with Crippen LogP contribution in [0.2, 0.25) is 0 Å². The number of phenolic OH excluding ortho intramolecular Hbond substituents is 1. The Bertz CT molecular complexity index is 489. The van der Waals surface area contributed by atoms with Gasteiger partial charge in [-0.25, -0.2) is 5.43 Å². The van der Waals surface area contributed by atoms with E-state index in [9.17, 15) is 15.0 Å². The number of benzene rings is 1. The normalized spacial score (nSPS) is 12.4. The topological polar surface area (TPSA) is 81.9 Å². The van der Waals surface area contributed by atoms with Crippen LogP contribution in [0, 0.1) is 0 Å². The van der Waals surface area contributed by atoms with Gasteiger partial charge < -0.3 is 10.2 Å². The highest BCUT2D eigenvalue weighted by Gasteiger charge is 2.07. The molecule has 0 saturated heterocycles. The van der Waals surface area contributed by atoms with Gasteiger partial charge in [0.25, 0.3) is 0 Å². The van der Waals surface area contributed by atoms with Gasteiger partial charge in [0.2, 0.25) is 5.91 Å². The highest BCUT2D eigenvalue weighted by molar-refractivity contribution is 5.84. The maximum Gasteiger partial charge on any atom is 0.240 e. The third-order valence-corrected chi connectivity index (χ3v) is 3.68. The number of carbonyl (C=O) groups is 1. The SMILES string of the molecule is CCCCCCCC(O)CCC(=O)NN=Cc1ccccc1O. The molecule has 1 rings (SSSR count). The van der Waals surface area contributed by atoms with Crippen LogP contribution in [0.3, 0.4) is 0 Å². The molecule has 0 aliphatic carbocycles. The van der Waals surface area contributed by atoms with E-state index in [2.05, 4.69) is 17.5 Å². The lowest BCUT2D eigenvalue weighted by Gasteiger charge is -2.09. The number of aliphatic hydroxyl groups is 1. The summed E-state index contributed by atoms with van der Waals surface area (Å²) < 4.78 is 0. The van der Waals surface area contributed by atoms with Gasteiger partial charge in [-0.05, 0) is 25.0 Å². The molecule has 1 amide bonds. The van der Waals surface area contributed by atoms with Crippen molar-refractivity contribution in [3.8, 4) is 5.75 Å². The molecule has 128 valence electrons. The molecule has 0 aromatic heterocycles. The second-order valence-corrected chi connectivity index (χ2v) is 5.75. The lowest BCUT2D eigenvalue weighted by atomic mass is 10.0. The molecule has 0 fully saturated rings. The van der Waals surface area contributed by atoms with Crippen molar-refractivity contribution < 1.29 is 15.0 Å². The summed E-state index contributed by atoms with van der Waals surface area (Å²) in [5, 5.41) is 23.2. The number of amides is 1. The van der Waals surface area contributed by atoms with Gasteiger partial charge in [0, 0.05) is 12.0 Å². The molecule has 23 heavy (non-hydrogen) atoms. The number of rotatable bonds is 11. The van der Waals surface area contributed by atoms with Crippen molar-refractivity contribution in [1.29, 1.82) is 0 Å². The molecule has 0 radical (unpaired) electrons. The second-order valence-electron chi connectivity index (χ2n) is 5.75. The first-order chi connectivity index (χ1) is 11.1. The zero-order valence-electron chi connectivity index (χ0n) is 13.9. The van der Waals surface area contributed by atoms with Gasteiger partial charge in [0.1, 0.15) is 5.75 Å². The maximum atomic E-state index is 11.6. The molecule has 1 aromatic rings. The molecular formula is C18H28N2O3. The third-order valence-electron chi connectivity index (χ3n) is 3.68. The summed E-state index contributed by atoms with van der Waals surface area (Å²) >= 11 is 0.